The van der Waals surface area contributed by atoms with Crippen LogP contribution in [-0.4, -0.2) is 25.3 Å². The first kappa shape index (κ1) is 14.8. The van der Waals surface area contributed by atoms with Crippen LogP contribution in [0, 0.1) is 22.7 Å². The normalized spacial score (nSPS) is 44.2. The molecular formula is C18H33NO. The number of nitrogens with one attached hydrogen (secondary N) is 1. The van der Waals surface area contributed by atoms with Gasteiger partial charge in [-0.3, -0.25) is 0 Å². The Morgan fingerprint density at radius 1 is 1.15 bits per heavy atom. The first-order chi connectivity index (χ1) is 9.45. The minimum Gasteiger partial charge on any atom is -0.377 e. The van der Waals surface area contributed by atoms with Crippen LogP contribution in [0.5, 0.6) is 0 Å². The maximum absolute atomic E-state index is 6.02. The van der Waals surface area contributed by atoms with Gasteiger partial charge in [0.15, 0.2) is 0 Å². The Hall–Kier alpha value is -0.0800. The van der Waals surface area contributed by atoms with Crippen LogP contribution in [0.2, 0.25) is 0 Å². The molecule has 0 aromatic rings. The van der Waals surface area contributed by atoms with Gasteiger partial charge < -0.3 is 10.1 Å². The third-order valence-electron chi connectivity index (χ3n) is 6.18. The zero-order chi connectivity index (χ0) is 14.4. The van der Waals surface area contributed by atoms with Gasteiger partial charge in [-0.05, 0) is 81.6 Å². The summed E-state index contributed by atoms with van der Waals surface area (Å²) in [4.78, 5) is 0. The van der Waals surface area contributed by atoms with E-state index in [0.717, 1.165) is 25.0 Å². The van der Waals surface area contributed by atoms with Crippen molar-refractivity contribution in [2.75, 3.05) is 13.2 Å². The summed E-state index contributed by atoms with van der Waals surface area (Å²) in [6.45, 7) is 11.1. The summed E-state index contributed by atoms with van der Waals surface area (Å²) < 4.78 is 6.02. The Morgan fingerprint density at radius 2 is 1.80 bits per heavy atom. The lowest BCUT2D eigenvalue weighted by atomic mass is 9.43. The van der Waals surface area contributed by atoms with Crippen molar-refractivity contribution in [3.8, 4) is 0 Å². The lowest BCUT2D eigenvalue weighted by Crippen LogP contribution is -2.60. The van der Waals surface area contributed by atoms with Gasteiger partial charge >= 0.3 is 0 Å². The molecule has 2 nitrogen and oxygen atoms in total. The molecule has 0 amide bonds. The molecule has 0 spiro atoms. The number of rotatable bonds is 6. The molecule has 2 heteroatoms. The zero-order valence-electron chi connectivity index (χ0n) is 13.9. The van der Waals surface area contributed by atoms with Crippen molar-refractivity contribution < 1.29 is 4.74 Å². The first-order valence-corrected chi connectivity index (χ1v) is 8.80. The van der Waals surface area contributed by atoms with Crippen molar-refractivity contribution in [1.82, 2.24) is 5.32 Å². The van der Waals surface area contributed by atoms with Gasteiger partial charge in [0.2, 0.25) is 0 Å². The Kier molecular flexibility index (Phi) is 3.92. The summed E-state index contributed by atoms with van der Waals surface area (Å²) in [5, 5.41) is 3.79. The molecule has 0 saturated heterocycles. The molecule has 116 valence electrons. The number of hydrogen-bond donors (Lipinski definition) is 1. The molecule has 4 aliphatic carbocycles. The van der Waals surface area contributed by atoms with E-state index in [0.29, 0.717) is 23.0 Å². The molecule has 4 bridgehead atoms. The fourth-order valence-corrected chi connectivity index (χ4v) is 6.19. The van der Waals surface area contributed by atoms with Crippen LogP contribution in [0.4, 0.5) is 0 Å². The van der Waals surface area contributed by atoms with Gasteiger partial charge in [0.1, 0.15) is 0 Å². The Balaban J connectivity index is 1.78. The zero-order valence-corrected chi connectivity index (χ0v) is 13.9. The van der Waals surface area contributed by atoms with Crippen LogP contribution in [0.25, 0.3) is 0 Å². The van der Waals surface area contributed by atoms with Crippen LogP contribution >= 0.6 is 0 Å². The van der Waals surface area contributed by atoms with Gasteiger partial charge in [0.25, 0.3) is 0 Å². The third-order valence-corrected chi connectivity index (χ3v) is 6.18. The smallest absolute Gasteiger partial charge is 0.0628 e. The van der Waals surface area contributed by atoms with E-state index in [2.05, 4.69) is 33.0 Å². The van der Waals surface area contributed by atoms with Crippen LogP contribution in [0.1, 0.15) is 66.2 Å². The minimum absolute atomic E-state index is 0.348. The molecule has 0 aromatic carbocycles. The number of likely N-dealkylation sites (N-methyl/N-ethyl adjacent to an activating group) is 1. The summed E-state index contributed by atoms with van der Waals surface area (Å²) in [5.74, 6) is 2.00. The highest BCUT2D eigenvalue weighted by Gasteiger charge is 2.58. The molecule has 0 aliphatic heterocycles. The Morgan fingerprint density at radius 3 is 2.30 bits per heavy atom. The molecule has 4 rings (SSSR count). The molecule has 4 fully saturated rings. The molecule has 0 heterocycles. The lowest BCUT2D eigenvalue weighted by molar-refractivity contribution is -0.130. The summed E-state index contributed by atoms with van der Waals surface area (Å²) in [6.07, 6.45) is 9.20. The minimum atomic E-state index is 0.348. The van der Waals surface area contributed by atoms with Crippen molar-refractivity contribution in [3.63, 3.8) is 0 Å². The second-order valence-corrected chi connectivity index (χ2v) is 8.63. The molecule has 20 heavy (non-hydrogen) atoms. The largest absolute Gasteiger partial charge is 0.377 e. The molecule has 3 unspecified atom stereocenters. The van der Waals surface area contributed by atoms with Gasteiger partial charge in [0.05, 0.1) is 12.7 Å². The number of ether oxygens (including phenoxy) is 1. The van der Waals surface area contributed by atoms with E-state index in [1.165, 1.54) is 38.5 Å². The van der Waals surface area contributed by atoms with Crippen molar-refractivity contribution >= 4 is 0 Å². The SMILES string of the molecule is CCNC(COC(C)C)C12CC3CC(CC(C)(C3)C1)C2. The third kappa shape index (κ3) is 2.66. The van der Waals surface area contributed by atoms with Crippen LogP contribution < -0.4 is 5.32 Å². The number of hydrogen-bond acceptors (Lipinski definition) is 2. The van der Waals surface area contributed by atoms with E-state index < -0.39 is 0 Å². The highest BCUT2D eigenvalue weighted by atomic mass is 16.5. The molecular weight excluding hydrogens is 246 g/mol. The van der Waals surface area contributed by atoms with Crippen LogP contribution in [0.3, 0.4) is 0 Å². The summed E-state index contributed by atoms with van der Waals surface area (Å²) >= 11 is 0. The Bertz CT molecular complexity index is 337. The molecule has 0 radical (unpaired) electrons. The average molecular weight is 279 g/mol. The first-order valence-electron chi connectivity index (χ1n) is 8.80. The standard InChI is InChI=1S/C18H33NO/c1-5-19-16(11-20-13(2)3)18-9-14-6-15(10-18)8-17(4,7-14)12-18/h13-16,19H,5-12H2,1-4H3. The van der Waals surface area contributed by atoms with Gasteiger partial charge in [-0.2, -0.15) is 0 Å². The molecule has 4 saturated carbocycles. The fourth-order valence-electron chi connectivity index (χ4n) is 6.19. The van der Waals surface area contributed by atoms with E-state index in [1.807, 2.05) is 0 Å². The van der Waals surface area contributed by atoms with Crippen molar-refractivity contribution in [1.29, 1.82) is 0 Å². The summed E-state index contributed by atoms with van der Waals surface area (Å²) in [6, 6.07) is 0.570. The van der Waals surface area contributed by atoms with E-state index in [4.69, 9.17) is 4.74 Å². The molecule has 0 aromatic heterocycles. The van der Waals surface area contributed by atoms with Gasteiger partial charge in [-0.1, -0.05) is 13.8 Å². The molecule has 1 N–H and O–H groups in total. The van der Waals surface area contributed by atoms with E-state index in [9.17, 15) is 0 Å². The highest BCUT2D eigenvalue weighted by molar-refractivity contribution is 5.09. The van der Waals surface area contributed by atoms with E-state index in [1.54, 1.807) is 0 Å². The second kappa shape index (κ2) is 5.28. The second-order valence-electron chi connectivity index (χ2n) is 8.63. The summed E-state index contributed by atoms with van der Waals surface area (Å²) in [7, 11) is 0. The maximum Gasteiger partial charge on any atom is 0.0628 e. The maximum atomic E-state index is 6.02. The van der Waals surface area contributed by atoms with Crippen molar-refractivity contribution in [3.05, 3.63) is 0 Å². The molecule has 4 aliphatic rings. The van der Waals surface area contributed by atoms with E-state index in [-0.39, 0.29) is 0 Å². The van der Waals surface area contributed by atoms with Gasteiger partial charge in [0, 0.05) is 6.04 Å². The van der Waals surface area contributed by atoms with Crippen molar-refractivity contribution in [2.24, 2.45) is 22.7 Å². The quantitative estimate of drug-likeness (QED) is 0.793. The van der Waals surface area contributed by atoms with Gasteiger partial charge in [-0.25, -0.2) is 0 Å². The predicted molar refractivity (Wildman–Crippen MR) is 83.8 cm³/mol. The van der Waals surface area contributed by atoms with Crippen LogP contribution in [-0.2, 0) is 4.74 Å². The Labute approximate surface area is 125 Å². The average Bonchev–Trinajstić information content (AvgIpc) is 2.30. The topological polar surface area (TPSA) is 21.3 Å². The summed E-state index contributed by atoms with van der Waals surface area (Å²) in [5.41, 5.74) is 1.17. The highest BCUT2D eigenvalue weighted by Crippen LogP contribution is 2.66. The monoisotopic (exact) mass is 279 g/mol. The predicted octanol–water partition coefficient (Wildman–Crippen LogP) is 4.00. The van der Waals surface area contributed by atoms with E-state index >= 15 is 0 Å². The fraction of sp³-hybridized carbons (Fsp3) is 1.00. The van der Waals surface area contributed by atoms with Crippen molar-refractivity contribution in [2.45, 2.75) is 78.4 Å². The molecule has 3 atom stereocenters. The van der Waals surface area contributed by atoms with Gasteiger partial charge in [-0.15, -0.1) is 0 Å². The van der Waals surface area contributed by atoms with Crippen LogP contribution in [0.15, 0.2) is 0 Å². The lowest BCUT2D eigenvalue weighted by Gasteiger charge is -2.63.